The van der Waals surface area contributed by atoms with Crippen molar-refractivity contribution in [2.45, 2.75) is 0 Å². The first-order chi connectivity index (χ1) is 6.70. The van der Waals surface area contributed by atoms with Gasteiger partial charge in [-0.3, -0.25) is 0 Å². The van der Waals surface area contributed by atoms with Gasteiger partial charge in [0.25, 0.3) is 0 Å². The van der Waals surface area contributed by atoms with E-state index in [-0.39, 0.29) is 10.7 Å². The van der Waals surface area contributed by atoms with E-state index in [0.717, 1.165) is 0 Å². The van der Waals surface area contributed by atoms with Gasteiger partial charge in [-0.1, -0.05) is 17.7 Å². The van der Waals surface area contributed by atoms with E-state index in [0.29, 0.717) is 10.9 Å². The Hall–Kier alpha value is -1.68. The van der Waals surface area contributed by atoms with Crippen LogP contribution in [0.25, 0.3) is 10.9 Å². The molecule has 1 heterocycles. The number of fused-ring (bicyclic) bond motifs is 1. The summed E-state index contributed by atoms with van der Waals surface area (Å²) in [4.78, 5) is 18.5. The van der Waals surface area contributed by atoms with Gasteiger partial charge in [0.1, 0.15) is 11.5 Å². The van der Waals surface area contributed by atoms with Crippen LogP contribution in [0.1, 0.15) is 10.4 Å². The molecule has 0 aliphatic rings. The van der Waals surface area contributed by atoms with Gasteiger partial charge < -0.3 is 5.11 Å². The molecule has 14 heavy (non-hydrogen) atoms. The molecule has 4 nitrogen and oxygen atoms in total. The van der Waals surface area contributed by atoms with Gasteiger partial charge in [-0.15, -0.1) is 0 Å². The highest BCUT2D eigenvalue weighted by molar-refractivity contribution is 6.35. The standard InChI is InChI=1S/C9H5ClN2O2/c10-8-7-5(9(13)14)2-1-3-6(7)11-4-12-8/h1-4H,(H,13,14). The second-order valence-electron chi connectivity index (χ2n) is 2.67. The number of hydrogen-bond donors (Lipinski definition) is 1. The smallest absolute Gasteiger partial charge is 0.336 e. The van der Waals surface area contributed by atoms with Crippen LogP contribution >= 0.6 is 11.6 Å². The minimum atomic E-state index is -1.03. The summed E-state index contributed by atoms with van der Waals surface area (Å²) in [7, 11) is 0. The van der Waals surface area contributed by atoms with Crippen LogP contribution in [0.3, 0.4) is 0 Å². The van der Waals surface area contributed by atoms with Gasteiger partial charge in [-0.25, -0.2) is 14.8 Å². The molecule has 0 aliphatic carbocycles. The van der Waals surface area contributed by atoms with Crippen LogP contribution in [0.2, 0.25) is 5.15 Å². The molecule has 0 atom stereocenters. The van der Waals surface area contributed by atoms with Crippen LogP contribution in [0.15, 0.2) is 24.5 Å². The monoisotopic (exact) mass is 208 g/mol. The highest BCUT2D eigenvalue weighted by Crippen LogP contribution is 2.22. The van der Waals surface area contributed by atoms with Crippen LogP contribution in [0.5, 0.6) is 0 Å². The van der Waals surface area contributed by atoms with E-state index >= 15 is 0 Å². The van der Waals surface area contributed by atoms with E-state index < -0.39 is 5.97 Å². The molecule has 5 heteroatoms. The predicted octanol–water partition coefficient (Wildman–Crippen LogP) is 1.98. The molecule has 0 spiro atoms. The fourth-order valence-corrected chi connectivity index (χ4v) is 1.49. The number of benzene rings is 1. The van der Waals surface area contributed by atoms with Gasteiger partial charge in [0.05, 0.1) is 16.5 Å². The van der Waals surface area contributed by atoms with Crippen molar-refractivity contribution in [1.82, 2.24) is 9.97 Å². The summed E-state index contributed by atoms with van der Waals surface area (Å²) < 4.78 is 0. The van der Waals surface area contributed by atoms with Gasteiger partial charge in [0, 0.05) is 0 Å². The Morgan fingerprint density at radius 3 is 2.86 bits per heavy atom. The number of halogens is 1. The Kier molecular flexibility index (Phi) is 2.05. The molecule has 1 N–H and O–H groups in total. The molecule has 1 aromatic carbocycles. The van der Waals surface area contributed by atoms with Gasteiger partial charge in [0.2, 0.25) is 0 Å². The zero-order chi connectivity index (χ0) is 10.1. The molecule has 0 amide bonds. The van der Waals surface area contributed by atoms with Gasteiger partial charge in [-0.05, 0) is 12.1 Å². The van der Waals surface area contributed by atoms with Gasteiger partial charge >= 0.3 is 5.97 Å². The van der Waals surface area contributed by atoms with Crippen molar-refractivity contribution in [3.63, 3.8) is 0 Å². The first-order valence-corrected chi connectivity index (χ1v) is 4.20. The number of hydrogen-bond acceptors (Lipinski definition) is 3. The van der Waals surface area contributed by atoms with E-state index in [1.165, 1.54) is 12.4 Å². The fourth-order valence-electron chi connectivity index (χ4n) is 1.25. The first kappa shape index (κ1) is 8.90. The second kappa shape index (κ2) is 3.23. The Morgan fingerprint density at radius 1 is 1.36 bits per heavy atom. The molecule has 2 aromatic rings. The molecule has 0 saturated carbocycles. The Labute approximate surface area is 84.2 Å². The summed E-state index contributed by atoms with van der Waals surface area (Å²) in [5, 5.41) is 9.43. The maximum absolute atomic E-state index is 10.9. The fraction of sp³-hybridized carbons (Fsp3) is 0. The summed E-state index contributed by atoms with van der Waals surface area (Å²) in [5.41, 5.74) is 0.651. The van der Waals surface area contributed by atoms with Crippen molar-refractivity contribution in [2.75, 3.05) is 0 Å². The number of carboxylic acid groups (broad SMARTS) is 1. The average molecular weight is 209 g/mol. The third-order valence-electron chi connectivity index (χ3n) is 1.85. The first-order valence-electron chi connectivity index (χ1n) is 3.82. The second-order valence-corrected chi connectivity index (χ2v) is 3.03. The highest BCUT2D eigenvalue weighted by atomic mass is 35.5. The maximum atomic E-state index is 10.9. The zero-order valence-corrected chi connectivity index (χ0v) is 7.69. The van der Waals surface area contributed by atoms with E-state index in [2.05, 4.69) is 9.97 Å². The number of nitrogens with zero attached hydrogens (tertiary/aromatic N) is 2. The number of rotatable bonds is 1. The zero-order valence-electron chi connectivity index (χ0n) is 6.94. The molecule has 2 rings (SSSR count). The normalized spacial score (nSPS) is 10.4. The Morgan fingerprint density at radius 2 is 2.14 bits per heavy atom. The summed E-state index contributed by atoms with van der Waals surface area (Å²) in [6.45, 7) is 0. The molecular weight excluding hydrogens is 204 g/mol. The van der Waals surface area contributed by atoms with Crippen molar-refractivity contribution < 1.29 is 9.90 Å². The summed E-state index contributed by atoms with van der Waals surface area (Å²) in [5.74, 6) is -1.03. The van der Waals surface area contributed by atoms with E-state index in [1.807, 2.05) is 0 Å². The van der Waals surface area contributed by atoms with Crippen LogP contribution in [-0.4, -0.2) is 21.0 Å². The lowest BCUT2D eigenvalue weighted by Gasteiger charge is -2.01. The molecule has 0 radical (unpaired) electrons. The lowest BCUT2D eigenvalue weighted by Crippen LogP contribution is -1.98. The SMILES string of the molecule is O=C(O)c1cccc2ncnc(Cl)c12. The molecule has 0 aliphatic heterocycles. The van der Waals surface area contributed by atoms with Crippen LogP contribution < -0.4 is 0 Å². The third-order valence-corrected chi connectivity index (χ3v) is 2.13. The molecule has 0 fully saturated rings. The topological polar surface area (TPSA) is 63.1 Å². The lowest BCUT2D eigenvalue weighted by atomic mass is 10.1. The number of aromatic carboxylic acids is 1. The number of aromatic nitrogens is 2. The molecule has 0 saturated heterocycles. The molecule has 1 aromatic heterocycles. The van der Waals surface area contributed by atoms with Gasteiger partial charge in [0.15, 0.2) is 0 Å². The van der Waals surface area contributed by atoms with Gasteiger partial charge in [-0.2, -0.15) is 0 Å². The highest BCUT2D eigenvalue weighted by Gasteiger charge is 2.11. The summed E-state index contributed by atoms with van der Waals surface area (Å²) >= 11 is 5.79. The van der Waals surface area contributed by atoms with E-state index in [9.17, 15) is 4.79 Å². The predicted molar refractivity (Wildman–Crippen MR) is 51.5 cm³/mol. The number of carbonyl (C=O) groups is 1. The van der Waals surface area contributed by atoms with Crippen LogP contribution in [0, 0.1) is 0 Å². The van der Waals surface area contributed by atoms with Crippen molar-refractivity contribution in [1.29, 1.82) is 0 Å². The van der Waals surface area contributed by atoms with Crippen molar-refractivity contribution in [3.8, 4) is 0 Å². The summed E-state index contributed by atoms with van der Waals surface area (Å²) in [6, 6.07) is 4.78. The maximum Gasteiger partial charge on any atom is 0.336 e. The summed E-state index contributed by atoms with van der Waals surface area (Å²) in [6.07, 6.45) is 1.30. The quantitative estimate of drug-likeness (QED) is 0.728. The lowest BCUT2D eigenvalue weighted by molar-refractivity contribution is 0.0699. The van der Waals surface area contributed by atoms with Crippen molar-refractivity contribution in [2.24, 2.45) is 0 Å². The minimum absolute atomic E-state index is 0.119. The minimum Gasteiger partial charge on any atom is -0.478 e. The largest absolute Gasteiger partial charge is 0.478 e. The van der Waals surface area contributed by atoms with Crippen LogP contribution in [0.4, 0.5) is 0 Å². The van der Waals surface area contributed by atoms with Crippen molar-refractivity contribution >= 4 is 28.5 Å². The molecule has 0 bridgehead atoms. The van der Waals surface area contributed by atoms with E-state index in [4.69, 9.17) is 16.7 Å². The van der Waals surface area contributed by atoms with Crippen LogP contribution in [-0.2, 0) is 0 Å². The van der Waals surface area contributed by atoms with E-state index in [1.54, 1.807) is 12.1 Å². The molecule has 0 unspecified atom stereocenters. The van der Waals surface area contributed by atoms with Crippen molar-refractivity contribution in [3.05, 3.63) is 35.2 Å². The third kappa shape index (κ3) is 1.29. The Bertz CT molecular complexity index is 508. The average Bonchev–Trinajstić information content (AvgIpc) is 2.17. The molecular formula is C9H5ClN2O2. The Balaban J connectivity index is 2.91. The number of carboxylic acids is 1. The molecule has 70 valence electrons.